The standard InChI is InChI=1S/C49H31N2OS2.Pt/c1-30-24-37(46-23-22-45(53-46)35-19-20-40-39-16-7-8-17-47(39)54-48(40)29-35)28-42(50-30)33-13-9-14-34(25-33)43-26-36(31-10-3-2-4-11-31)27-44(51-43)41-21-18-32-12-5-6-15-38(32)49(41)52;/h2-24,26-29,52H,1H3;/q-1;. The zero-order valence-corrected chi connectivity index (χ0v) is 33.5. The van der Waals surface area contributed by atoms with E-state index in [1.54, 1.807) is 11.3 Å². The first-order valence-corrected chi connectivity index (χ1v) is 19.5. The second-order valence-electron chi connectivity index (χ2n) is 13.5. The third-order valence-corrected chi connectivity index (χ3v) is 12.3. The molecule has 266 valence electrons. The van der Waals surface area contributed by atoms with Gasteiger partial charge in [-0.15, -0.1) is 46.9 Å². The Kier molecular flexibility index (Phi) is 9.23. The third-order valence-electron chi connectivity index (χ3n) is 9.96. The number of nitrogens with zero attached hydrogens (tertiary/aromatic N) is 2. The van der Waals surface area contributed by atoms with E-state index in [1.165, 1.54) is 35.5 Å². The Hall–Kier alpha value is -5.71. The van der Waals surface area contributed by atoms with Crippen LogP contribution in [0.5, 0.6) is 5.75 Å². The van der Waals surface area contributed by atoms with E-state index >= 15 is 0 Å². The van der Waals surface area contributed by atoms with Crippen molar-refractivity contribution < 1.29 is 26.2 Å². The Morgan fingerprint density at radius 1 is 0.473 bits per heavy atom. The smallest absolute Gasteiger partial charge is 0.132 e. The number of hydrogen-bond acceptors (Lipinski definition) is 5. The van der Waals surface area contributed by atoms with Gasteiger partial charge in [0.25, 0.3) is 0 Å². The molecule has 0 spiro atoms. The van der Waals surface area contributed by atoms with E-state index in [0.717, 1.165) is 55.7 Å². The van der Waals surface area contributed by atoms with E-state index < -0.39 is 0 Å². The molecule has 3 nitrogen and oxygen atoms in total. The zero-order valence-electron chi connectivity index (χ0n) is 29.6. The van der Waals surface area contributed by atoms with E-state index in [4.69, 9.17) is 9.97 Å². The van der Waals surface area contributed by atoms with E-state index in [1.807, 2.05) is 85.0 Å². The second kappa shape index (κ2) is 14.5. The molecule has 0 aliphatic rings. The van der Waals surface area contributed by atoms with Crippen molar-refractivity contribution in [3.63, 3.8) is 0 Å². The number of aromatic hydroxyl groups is 1. The first-order chi connectivity index (χ1) is 26.5. The fraction of sp³-hybridized carbons (Fsp3) is 0.0204. The number of aryl methyl sites for hydroxylation is 1. The zero-order chi connectivity index (χ0) is 36.2. The summed E-state index contributed by atoms with van der Waals surface area (Å²) in [5.41, 5.74) is 10.2. The van der Waals surface area contributed by atoms with E-state index in [9.17, 15) is 5.11 Å². The second-order valence-corrected chi connectivity index (χ2v) is 15.7. The number of benzene rings is 6. The van der Waals surface area contributed by atoms with Gasteiger partial charge in [0.2, 0.25) is 0 Å². The summed E-state index contributed by atoms with van der Waals surface area (Å²) in [7, 11) is 0. The van der Waals surface area contributed by atoms with Gasteiger partial charge in [0.15, 0.2) is 0 Å². The van der Waals surface area contributed by atoms with Gasteiger partial charge < -0.3 is 5.11 Å². The van der Waals surface area contributed by atoms with Crippen molar-refractivity contribution in [1.82, 2.24) is 9.97 Å². The molecule has 0 atom stereocenters. The largest absolute Gasteiger partial charge is 0.507 e. The van der Waals surface area contributed by atoms with Crippen molar-refractivity contribution in [2.24, 2.45) is 0 Å². The predicted molar refractivity (Wildman–Crippen MR) is 228 cm³/mol. The number of thiophene rings is 2. The number of phenols is 1. The van der Waals surface area contributed by atoms with E-state index in [-0.39, 0.29) is 26.8 Å². The maximum atomic E-state index is 11.4. The Morgan fingerprint density at radius 2 is 1.15 bits per heavy atom. The van der Waals surface area contributed by atoms with Gasteiger partial charge in [-0.3, -0.25) is 9.97 Å². The first-order valence-electron chi connectivity index (χ1n) is 17.9. The van der Waals surface area contributed by atoms with E-state index in [0.29, 0.717) is 11.3 Å². The number of aromatic nitrogens is 2. The van der Waals surface area contributed by atoms with Gasteiger partial charge in [-0.1, -0.05) is 114 Å². The molecule has 10 rings (SSSR count). The number of rotatable bonds is 6. The van der Waals surface area contributed by atoms with Crippen LogP contribution in [0.25, 0.3) is 96.7 Å². The van der Waals surface area contributed by atoms with Crippen LogP contribution >= 0.6 is 22.7 Å². The van der Waals surface area contributed by atoms with Crippen molar-refractivity contribution in [3.8, 4) is 71.5 Å². The van der Waals surface area contributed by atoms with Crippen LogP contribution in [0.2, 0.25) is 0 Å². The molecule has 55 heavy (non-hydrogen) atoms. The summed E-state index contributed by atoms with van der Waals surface area (Å²) in [6.45, 7) is 2.05. The topological polar surface area (TPSA) is 46.0 Å². The molecule has 6 aromatic carbocycles. The van der Waals surface area contributed by atoms with Gasteiger partial charge in [0.05, 0.1) is 5.69 Å². The molecule has 4 aromatic heterocycles. The maximum Gasteiger partial charge on any atom is 0.132 e. The molecule has 0 saturated heterocycles. The first kappa shape index (κ1) is 35.0. The summed E-state index contributed by atoms with van der Waals surface area (Å²) in [6, 6.07) is 60.4. The van der Waals surface area contributed by atoms with Gasteiger partial charge in [0, 0.05) is 79.0 Å². The van der Waals surface area contributed by atoms with Crippen molar-refractivity contribution in [2.75, 3.05) is 0 Å². The SMILES string of the molecule is Cc1cc(-c2ccc(-c3ccc4c(c3)sc3ccccc34)s2)cc(-c2[c-]c(-c3cc(-c4ccccc4)cc(-c4ccc5ccccc5c4O)n3)ccc2)n1.[Pt]. The van der Waals surface area contributed by atoms with Crippen LogP contribution in [0.3, 0.4) is 0 Å². The van der Waals surface area contributed by atoms with Gasteiger partial charge in [-0.2, -0.15) is 0 Å². The fourth-order valence-corrected chi connectivity index (χ4v) is 9.44. The van der Waals surface area contributed by atoms with Crippen LogP contribution in [0, 0.1) is 13.0 Å². The third kappa shape index (κ3) is 6.59. The molecule has 0 unspecified atom stereocenters. The number of phenolic OH excluding ortho intramolecular Hbond substituents is 1. The van der Waals surface area contributed by atoms with Crippen LogP contribution in [-0.4, -0.2) is 15.1 Å². The summed E-state index contributed by atoms with van der Waals surface area (Å²) in [5, 5.41) is 15.9. The molecule has 10 aromatic rings. The van der Waals surface area contributed by atoms with Gasteiger partial charge in [0.1, 0.15) is 5.75 Å². The molecule has 6 heteroatoms. The predicted octanol–water partition coefficient (Wildman–Crippen LogP) is 13.9. The van der Waals surface area contributed by atoms with Crippen molar-refractivity contribution >= 4 is 53.6 Å². The quantitative estimate of drug-likeness (QED) is 0.169. The summed E-state index contributed by atoms with van der Waals surface area (Å²) >= 11 is 3.66. The van der Waals surface area contributed by atoms with E-state index in [2.05, 4.69) is 103 Å². The van der Waals surface area contributed by atoms with Crippen molar-refractivity contribution in [1.29, 1.82) is 0 Å². The summed E-state index contributed by atoms with van der Waals surface area (Å²) in [6.07, 6.45) is 0. The minimum absolute atomic E-state index is 0. The Balaban J connectivity index is 0.00000397. The molecule has 0 saturated carbocycles. The normalized spacial score (nSPS) is 11.3. The van der Waals surface area contributed by atoms with Crippen LogP contribution in [0.15, 0.2) is 164 Å². The Morgan fingerprint density at radius 3 is 1.98 bits per heavy atom. The number of pyridine rings is 2. The summed E-state index contributed by atoms with van der Waals surface area (Å²) < 4.78 is 2.63. The van der Waals surface area contributed by atoms with Gasteiger partial charge in [-0.05, 0) is 77.0 Å². The molecular formula is C49H31N2OPtS2-. The molecule has 4 heterocycles. The molecule has 0 bridgehead atoms. The average Bonchev–Trinajstić information content (AvgIpc) is 3.87. The molecular weight excluding hydrogens is 892 g/mol. The van der Waals surface area contributed by atoms with Crippen LogP contribution in [0.4, 0.5) is 0 Å². The number of hydrogen-bond donors (Lipinski definition) is 1. The van der Waals surface area contributed by atoms with Crippen molar-refractivity contribution in [2.45, 2.75) is 6.92 Å². The Labute approximate surface area is 341 Å². The fourth-order valence-electron chi connectivity index (χ4n) is 7.31. The van der Waals surface area contributed by atoms with Gasteiger partial charge >= 0.3 is 0 Å². The van der Waals surface area contributed by atoms with Crippen LogP contribution in [-0.2, 0) is 21.1 Å². The van der Waals surface area contributed by atoms with Gasteiger partial charge in [-0.25, -0.2) is 0 Å². The van der Waals surface area contributed by atoms with Crippen LogP contribution in [0.1, 0.15) is 5.69 Å². The molecule has 0 radical (unpaired) electrons. The van der Waals surface area contributed by atoms with Crippen molar-refractivity contribution in [3.05, 3.63) is 176 Å². The molecule has 0 fully saturated rings. The number of fused-ring (bicyclic) bond motifs is 4. The monoisotopic (exact) mass is 922 g/mol. The Bertz CT molecular complexity index is 3040. The summed E-state index contributed by atoms with van der Waals surface area (Å²) in [4.78, 5) is 12.6. The molecule has 1 N–H and O–H groups in total. The minimum Gasteiger partial charge on any atom is -0.507 e. The molecule has 0 amide bonds. The molecule has 0 aliphatic heterocycles. The minimum atomic E-state index is 0. The maximum absolute atomic E-state index is 11.4. The van der Waals surface area contributed by atoms with Crippen LogP contribution < -0.4 is 0 Å². The summed E-state index contributed by atoms with van der Waals surface area (Å²) in [5.74, 6) is 0.225. The molecule has 0 aliphatic carbocycles. The average molecular weight is 923 g/mol.